The number of imidazole rings is 1. The van der Waals surface area contributed by atoms with Gasteiger partial charge in [-0.1, -0.05) is 0 Å². The van der Waals surface area contributed by atoms with Gasteiger partial charge in [-0.05, 0) is 65.3 Å². The number of hydrogen-bond donors (Lipinski definition) is 0. The Labute approximate surface area is 182 Å². The van der Waals surface area contributed by atoms with Crippen molar-refractivity contribution in [2.24, 2.45) is 0 Å². The molecule has 4 heterocycles. The molecule has 0 bridgehead atoms. The van der Waals surface area contributed by atoms with E-state index in [2.05, 4.69) is 38.5 Å². The van der Waals surface area contributed by atoms with Crippen molar-refractivity contribution in [1.82, 2.24) is 19.4 Å². The summed E-state index contributed by atoms with van der Waals surface area (Å²) in [5, 5.41) is 0. The van der Waals surface area contributed by atoms with E-state index < -0.39 is 0 Å². The summed E-state index contributed by atoms with van der Waals surface area (Å²) in [6.45, 7) is 12.1. The Morgan fingerprint density at radius 2 is 1.55 bits per heavy atom. The Morgan fingerprint density at radius 1 is 0.871 bits per heavy atom. The van der Waals surface area contributed by atoms with E-state index in [0.29, 0.717) is 11.8 Å². The average molecular weight is 417 g/mol. The summed E-state index contributed by atoms with van der Waals surface area (Å²) in [6, 6.07) is 9.94. The zero-order chi connectivity index (χ0) is 22.2. The van der Waals surface area contributed by atoms with Gasteiger partial charge in [0.2, 0.25) is 11.8 Å². The molecule has 0 aliphatic rings. The normalized spacial score (nSPS) is 11.8. The summed E-state index contributed by atoms with van der Waals surface area (Å²) in [7, 11) is 0. The van der Waals surface area contributed by atoms with Gasteiger partial charge in [0.25, 0.3) is 0 Å². The minimum atomic E-state index is -0.279. The molecular formula is C25H28N4O2. The van der Waals surface area contributed by atoms with E-state index in [1.807, 2.05) is 77.5 Å². The van der Waals surface area contributed by atoms with Crippen LogP contribution in [0, 0.1) is 6.92 Å². The van der Waals surface area contributed by atoms with E-state index >= 15 is 0 Å². The summed E-state index contributed by atoms with van der Waals surface area (Å²) in [6.07, 6.45) is 7.74. The molecule has 6 heteroatoms. The molecule has 0 unspecified atom stereocenters. The van der Waals surface area contributed by atoms with E-state index in [-0.39, 0.29) is 11.7 Å². The quantitative estimate of drug-likeness (QED) is 0.416. The molecule has 0 saturated heterocycles. The third kappa shape index (κ3) is 4.68. The van der Waals surface area contributed by atoms with Crippen LogP contribution in [0.15, 0.2) is 55.1 Å². The average Bonchev–Trinajstić information content (AvgIpc) is 3.09. The van der Waals surface area contributed by atoms with Crippen LogP contribution < -0.4 is 9.47 Å². The molecule has 0 atom stereocenters. The first-order valence-electron chi connectivity index (χ1n) is 10.5. The van der Waals surface area contributed by atoms with Crippen molar-refractivity contribution in [3.8, 4) is 34.1 Å². The van der Waals surface area contributed by atoms with Crippen LogP contribution in [0.1, 0.15) is 40.2 Å². The van der Waals surface area contributed by atoms with Crippen LogP contribution in [0.3, 0.4) is 0 Å². The topological polar surface area (TPSA) is 61.5 Å². The van der Waals surface area contributed by atoms with Crippen molar-refractivity contribution >= 4 is 5.65 Å². The lowest BCUT2D eigenvalue weighted by Crippen LogP contribution is -2.23. The Balaban J connectivity index is 1.69. The molecule has 160 valence electrons. The highest BCUT2D eigenvalue weighted by Gasteiger charge is 2.14. The Morgan fingerprint density at radius 3 is 2.16 bits per heavy atom. The molecule has 0 fully saturated rings. The first kappa shape index (κ1) is 20.8. The van der Waals surface area contributed by atoms with Gasteiger partial charge in [-0.15, -0.1) is 0 Å². The predicted molar refractivity (Wildman–Crippen MR) is 123 cm³/mol. The fourth-order valence-corrected chi connectivity index (χ4v) is 3.39. The third-order valence-corrected chi connectivity index (χ3v) is 4.70. The molecule has 31 heavy (non-hydrogen) atoms. The molecule has 0 N–H and O–H groups in total. The number of rotatable bonds is 5. The number of ether oxygens (including phenoxy) is 2. The molecule has 0 aliphatic carbocycles. The second-order valence-electron chi connectivity index (χ2n) is 8.89. The van der Waals surface area contributed by atoms with Gasteiger partial charge in [0.15, 0.2) is 0 Å². The van der Waals surface area contributed by atoms with Gasteiger partial charge in [0, 0.05) is 47.4 Å². The lowest BCUT2D eigenvalue weighted by atomic mass is 10.0. The number of aryl methyl sites for hydroxylation is 1. The van der Waals surface area contributed by atoms with Crippen molar-refractivity contribution < 1.29 is 9.47 Å². The molecule has 4 aromatic heterocycles. The van der Waals surface area contributed by atoms with Crippen molar-refractivity contribution in [3.63, 3.8) is 0 Å². The smallest absolute Gasteiger partial charge is 0.213 e. The Kier molecular flexibility index (Phi) is 5.39. The monoisotopic (exact) mass is 416 g/mol. The highest BCUT2D eigenvalue weighted by atomic mass is 16.5. The number of hydrogen-bond acceptors (Lipinski definition) is 5. The van der Waals surface area contributed by atoms with Crippen molar-refractivity contribution in [1.29, 1.82) is 0 Å². The van der Waals surface area contributed by atoms with E-state index in [1.165, 1.54) is 0 Å². The fourth-order valence-electron chi connectivity index (χ4n) is 3.39. The third-order valence-electron chi connectivity index (χ3n) is 4.70. The first-order chi connectivity index (χ1) is 14.7. The van der Waals surface area contributed by atoms with Crippen molar-refractivity contribution in [3.05, 3.63) is 60.7 Å². The summed E-state index contributed by atoms with van der Waals surface area (Å²) >= 11 is 0. The van der Waals surface area contributed by atoms with Crippen LogP contribution in [-0.2, 0) is 0 Å². The highest BCUT2D eigenvalue weighted by Crippen LogP contribution is 2.29. The van der Waals surface area contributed by atoms with E-state index in [9.17, 15) is 0 Å². The number of aromatic nitrogens is 4. The number of pyridine rings is 3. The van der Waals surface area contributed by atoms with Crippen LogP contribution in [0.5, 0.6) is 11.8 Å². The molecule has 0 aliphatic heterocycles. The highest BCUT2D eigenvalue weighted by molar-refractivity contribution is 5.71. The second-order valence-corrected chi connectivity index (χ2v) is 8.89. The van der Waals surface area contributed by atoms with Gasteiger partial charge >= 0.3 is 0 Å². The maximum Gasteiger partial charge on any atom is 0.213 e. The SMILES string of the molecule is Cc1cc2ncc(-c3ccc(OC(C)C)nc3)n2cc1-c1ccc(OC(C)(C)C)nc1. The molecule has 0 amide bonds. The van der Waals surface area contributed by atoms with Crippen molar-refractivity contribution in [2.45, 2.75) is 53.2 Å². The molecule has 0 radical (unpaired) electrons. The lowest BCUT2D eigenvalue weighted by Gasteiger charge is -2.20. The van der Waals surface area contributed by atoms with Gasteiger partial charge in [-0.2, -0.15) is 0 Å². The molecule has 4 rings (SSSR count). The van der Waals surface area contributed by atoms with Crippen LogP contribution in [0.2, 0.25) is 0 Å². The lowest BCUT2D eigenvalue weighted by molar-refractivity contribution is 0.124. The maximum atomic E-state index is 5.85. The summed E-state index contributed by atoms with van der Waals surface area (Å²) in [5.41, 5.74) is 5.81. The van der Waals surface area contributed by atoms with Crippen molar-refractivity contribution in [2.75, 3.05) is 0 Å². The summed E-state index contributed by atoms with van der Waals surface area (Å²) in [5.74, 6) is 1.24. The second kappa shape index (κ2) is 8.02. The van der Waals surface area contributed by atoms with E-state index in [0.717, 1.165) is 33.6 Å². The fraction of sp³-hybridized carbons (Fsp3) is 0.320. The van der Waals surface area contributed by atoms with Crippen LogP contribution in [-0.4, -0.2) is 31.1 Å². The van der Waals surface area contributed by atoms with E-state index in [1.54, 1.807) is 0 Å². The van der Waals surface area contributed by atoms with Crippen LogP contribution in [0.25, 0.3) is 28.0 Å². The Bertz CT molecular complexity index is 1190. The molecule has 0 saturated carbocycles. The van der Waals surface area contributed by atoms with Crippen LogP contribution >= 0.6 is 0 Å². The first-order valence-corrected chi connectivity index (χ1v) is 10.5. The zero-order valence-corrected chi connectivity index (χ0v) is 18.9. The molecule has 6 nitrogen and oxygen atoms in total. The summed E-state index contributed by atoms with van der Waals surface area (Å²) in [4.78, 5) is 13.5. The predicted octanol–water partition coefficient (Wildman–Crippen LogP) is 5.73. The zero-order valence-electron chi connectivity index (χ0n) is 18.9. The van der Waals surface area contributed by atoms with Gasteiger partial charge in [-0.25, -0.2) is 15.0 Å². The van der Waals surface area contributed by atoms with Gasteiger partial charge in [0.1, 0.15) is 11.2 Å². The van der Waals surface area contributed by atoms with Crippen LogP contribution in [0.4, 0.5) is 0 Å². The van der Waals surface area contributed by atoms with Gasteiger partial charge in [-0.3, -0.25) is 4.40 Å². The minimum Gasteiger partial charge on any atom is -0.475 e. The summed E-state index contributed by atoms with van der Waals surface area (Å²) < 4.78 is 13.6. The number of nitrogens with zero attached hydrogens (tertiary/aromatic N) is 4. The minimum absolute atomic E-state index is 0.0912. The van der Waals surface area contributed by atoms with E-state index in [4.69, 9.17) is 9.47 Å². The number of fused-ring (bicyclic) bond motifs is 1. The molecule has 4 aromatic rings. The molecule has 0 aromatic carbocycles. The maximum absolute atomic E-state index is 5.85. The van der Waals surface area contributed by atoms with Gasteiger partial charge < -0.3 is 9.47 Å². The van der Waals surface area contributed by atoms with Gasteiger partial charge in [0.05, 0.1) is 18.0 Å². The standard InChI is InChI=1S/C25H28N4O2/c1-16(2)30-23-9-8-19(13-27-23)21-14-26-22-11-17(3)20(15-29(21)22)18-7-10-24(28-12-18)31-25(4,5)6/h7-16H,1-6H3. The Hall–Kier alpha value is -3.41. The molecule has 0 spiro atoms. The molecular weight excluding hydrogens is 388 g/mol. The largest absolute Gasteiger partial charge is 0.475 e.